The Morgan fingerprint density at radius 3 is 2.47 bits per heavy atom. The molecule has 1 N–H and O–H groups in total. The van der Waals surface area contributed by atoms with E-state index in [9.17, 15) is 14.3 Å². The van der Waals surface area contributed by atoms with Gasteiger partial charge in [-0.1, -0.05) is 18.2 Å². The van der Waals surface area contributed by atoms with Crippen molar-refractivity contribution in [3.63, 3.8) is 0 Å². The van der Waals surface area contributed by atoms with E-state index in [1.807, 2.05) is 6.07 Å². The predicted octanol–water partition coefficient (Wildman–Crippen LogP) is 3.74. The zero-order valence-electron chi connectivity index (χ0n) is 10.4. The Balaban J connectivity index is 2.15. The van der Waals surface area contributed by atoms with Crippen LogP contribution in [0.15, 0.2) is 48.5 Å². The lowest BCUT2D eigenvalue weighted by Crippen LogP contribution is -1.93. The van der Waals surface area contributed by atoms with Crippen molar-refractivity contribution in [1.29, 1.82) is 0 Å². The zero-order valence-corrected chi connectivity index (χ0v) is 10.4. The number of aromatic hydroxyl groups is 1. The van der Waals surface area contributed by atoms with Crippen LogP contribution in [0.25, 0.3) is 6.08 Å². The first-order valence-electron chi connectivity index (χ1n) is 5.84. The molecule has 0 fully saturated rings. The van der Waals surface area contributed by atoms with Crippen molar-refractivity contribution in [3.8, 4) is 5.75 Å². The van der Waals surface area contributed by atoms with E-state index in [1.165, 1.54) is 30.3 Å². The Labute approximate surface area is 110 Å². The van der Waals surface area contributed by atoms with E-state index in [0.717, 1.165) is 11.1 Å². The molecule has 0 radical (unpaired) electrons. The van der Waals surface area contributed by atoms with Crippen molar-refractivity contribution in [2.45, 2.75) is 6.92 Å². The second-order valence-corrected chi connectivity index (χ2v) is 4.25. The molecule has 0 aliphatic carbocycles. The molecule has 0 saturated heterocycles. The summed E-state index contributed by atoms with van der Waals surface area (Å²) in [4.78, 5) is 11.8. The van der Waals surface area contributed by atoms with Gasteiger partial charge in [0.05, 0.1) is 0 Å². The molecule has 96 valence electrons. The smallest absolute Gasteiger partial charge is 0.185 e. The Hall–Kier alpha value is -2.42. The van der Waals surface area contributed by atoms with Gasteiger partial charge in [-0.2, -0.15) is 0 Å². The largest absolute Gasteiger partial charge is 0.508 e. The fourth-order valence-corrected chi connectivity index (χ4v) is 1.61. The Bertz CT molecular complexity index is 628. The second kappa shape index (κ2) is 5.48. The number of hydrogen-bond acceptors (Lipinski definition) is 2. The summed E-state index contributed by atoms with van der Waals surface area (Å²) in [5.41, 5.74) is 1.94. The van der Waals surface area contributed by atoms with Crippen molar-refractivity contribution in [3.05, 3.63) is 71.0 Å². The lowest BCUT2D eigenvalue weighted by molar-refractivity contribution is 0.104. The van der Waals surface area contributed by atoms with Gasteiger partial charge in [-0.3, -0.25) is 4.79 Å². The standard InChI is InChI=1S/C16H13FO2/c1-11-2-3-12(10-16(11)19)4-9-15(18)13-5-7-14(17)8-6-13/h2-10,19H,1H3/b9-4+. The number of rotatable bonds is 3. The van der Waals surface area contributed by atoms with E-state index >= 15 is 0 Å². The van der Waals surface area contributed by atoms with E-state index < -0.39 is 0 Å². The fraction of sp³-hybridized carbons (Fsp3) is 0.0625. The predicted molar refractivity (Wildman–Crippen MR) is 72.6 cm³/mol. The van der Waals surface area contributed by atoms with Gasteiger partial charge in [0.15, 0.2) is 5.78 Å². The molecule has 2 aromatic rings. The number of phenolic OH excluding ortho intramolecular Hbond substituents is 1. The van der Waals surface area contributed by atoms with Crippen molar-refractivity contribution >= 4 is 11.9 Å². The number of hydrogen-bond donors (Lipinski definition) is 1. The molecule has 3 heteroatoms. The highest BCUT2D eigenvalue weighted by Crippen LogP contribution is 2.18. The number of carbonyl (C=O) groups excluding carboxylic acids is 1. The maximum absolute atomic E-state index is 12.7. The number of ketones is 1. The molecule has 0 atom stereocenters. The average Bonchev–Trinajstić information content (AvgIpc) is 2.40. The highest BCUT2D eigenvalue weighted by molar-refractivity contribution is 6.06. The molecule has 0 spiro atoms. The minimum atomic E-state index is -0.371. The molecule has 2 nitrogen and oxygen atoms in total. The summed E-state index contributed by atoms with van der Waals surface area (Å²) in [5, 5.41) is 9.55. The number of allylic oxidation sites excluding steroid dienone is 1. The summed E-state index contributed by atoms with van der Waals surface area (Å²) in [6.45, 7) is 1.80. The highest BCUT2D eigenvalue weighted by Gasteiger charge is 2.02. The summed E-state index contributed by atoms with van der Waals surface area (Å²) in [5.74, 6) is -0.388. The van der Waals surface area contributed by atoms with Crippen LogP contribution in [-0.2, 0) is 0 Å². The number of phenols is 1. The van der Waals surface area contributed by atoms with Crippen LogP contribution in [0.1, 0.15) is 21.5 Å². The molecular formula is C16H13FO2. The minimum Gasteiger partial charge on any atom is -0.508 e. The van der Waals surface area contributed by atoms with Crippen LogP contribution >= 0.6 is 0 Å². The molecule has 0 saturated carbocycles. The highest BCUT2D eigenvalue weighted by atomic mass is 19.1. The van der Waals surface area contributed by atoms with Crippen LogP contribution in [0.4, 0.5) is 4.39 Å². The van der Waals surface area contributed by atoms with Gasteiger partial charge in [0, 0.05) is 5.56 Å². The maximum Gasteiger partial charge on any atom is 0.185 e. The van der Waals surface area contributed by atoms with E-state index in [-0.39, 0.29) is 17.3 Å². The van der Waals surface area contributed by atoms with Gasteiger partial charge < -0.3 is 5.11 Å². The normalized spacial score (nSPS) is 10.8. The van der Waals surface area contributed by atoms with Crippen LogP contribution in [0.2, 0.25) is 0 Å². The summed E-state index contributed by atoms with van der Waals surface area (Å²) in [6, 6.07) is 10.5. The van der Waals surface area contributed by atoms with Gasteiger partial charge in [-0.15, -0.1) is 0 Å². The third kappa shape index (κ3) is 3.28. The topological polar surface area (TPSA) is 37.3 Å². The van der Waals surface area contributed by atoms with Crippen LogP contribution < -0.4 is 0 Å². The molecule has 2 aromatic carbocycles. The minimum absolute atomic E-state index is 0.191. The van der Waals surface area contributed by atoms with E-state index in [4.69, 9.17) is 0 Å². The summed E-state index contributed by atoms with van der Waals surface area (Å²) in [7, 11) is 0. The molecule has 0 aliphatic heterocycles. The molecule has 0 heterocycles. The monoisotopic (exact) mass is 256 g/mol. The molecule has 0 amide bonds. The molecule has 19 heavy (non-hydrogen) atoms. The maximum atomic E-state index is 12.7. The first kappa shape index (κ1) is 13.0. The van der Waals surface area contributed by atoms with E-state index in [0.29, 0.717) is 5.56 Å². The quantitative estimate of drug-likeness (QED) is 0.671. The third-order valence-corrected chi connectivity index (χ3v) is 2.79. The van der Waals surface area contributed by atoms with Crippen molar-refractivity contribution in [1.82, 2.24) is 0 Å². The van der Waals surface area contributed by atoms with Crippen molar-refractivity contribution in [2.75, 3.05) is 0 Å². The molecule has 0 bridgehead atoms. The van der Waals surface area contributed by atoms with Gasteiger partial charge in [-0.05, 0) is 54.5 Å². The van der Waals surface area contributed by atoms with Crippen LogP contribution in [0.3, 0.4) is 0 Å². The average molecular weight is 256 g/mol. The third-order valence-electron chi connectivity index (χ3n) is 2.79. The first-order chi connectivity index (χ1) is 9.06. The molecule has 0 aromatic heterocycles. The van der Waals surface area contributed by atoms with Crippen LogP contribution in [0, 0.1) is 12.7 Å². The summed E-state index contributed by atoms with van der Waals surface area (Å²) < 4.78 is 12.7. The lowest BCUT2D eigenvalue weighted by Gasteiger charge is -1.99. The summed E-state index contributed by atoms with van der Waals surface area (Å²) >= 11 is 0. The summed E-state index contributed by atoms with van der Waals surface area (Å²) in [6.07, 6.45) is 3.02. The second-order valence-electron chi connectivity index (χ2n) is 4.25. The van der Waals surface area contributed by atoms with Gasteiger partial charge >= 0.3 is 0 Å². The van der Waals surface area contributed by atoms with Crippen LogP contribution in [-0.4, -0.2) is 10.9 Å². The Morgan fingerprint density at radius 2 is 1.84 bits per heavy atom. The van der Waals surface area contributed by atoms with Crippen molar-refractivity contribution in [2.24, 2.45) is 0 Å². The first-order valence-corrected chi connectivity index (χ1v) is 5.84. The number of carbonyl (C=O) groups is 1. The van der Waals surface area contributed by atoms with Crippen LogP contribution in [0.5, 0.6) is 5.75 Å². The SMILES string of the molecule is Cc1ccc(/C=C/C(=O)c2ccc(F)cc2)cc1O. The van der Waals surface area contributed by atoms with Gasteiger partial charge in [0.1, 0.15) is 11.6 Å². The molecule has 2 rings (SSSR count). The molecule has 0 unspecified atom stereocenters. The lowest BCUT2D eigenvalue weighted by atomic mass is 10.1. The molecule has 0 aliphatic rings. The van der Waals surface area contributed by atoms with Gasteiger partial charge in [-0.25, -0.2) is 4.39 Å². The van der Waals surface area contributed by atoms with Gasteiger partial charge in [0.25, 0.3) is 0 Å². The Morgan fingerprint density at radius 1 is 1.16 bits per heavy atom. The molecular weight excluding hydrogens is 243 g/mol. The fourth-order valence-electron chi connectivity index (χ4n) is 1.61. The van der Waals surface area contributed by atoms with E-state index in [2.05, 4.69) is 0 Å². The number of halogens is 1. The van der Waals surface area contributed by atoms with Gasteiger partial charge in [0.2, 0.25) is 0 Å². The number of benzene rings is 2. The van der Waals surface area contributed by atoms with E-state index in [1.54, 1.807) is 25.1 Å². The number of aryl methyl sites for hydroxylation is 1. The Kier molecular flexibility index (Phi) is 3.76. The zero-order chi connectivity index (χ0) is 13.8. The van der Waals surface area contributed by atoms with Crippen molar-refractivity contribution < 1.29 is 14.3 Å².